The predicted octanol–water partition coefficient (Wildman–Crippen LogP) is 1.49. The number of hydrogen-bond donors (Lipinski definition) is 1. The molecule has 0 amide bonds. The molecule has 2 aromatic rings. The van der Waals surface area contributed by atoms with Crippen LogP contribution in [0.2, 0.25) is 0 Å². The number of aryl methyl sites for hydroxylation is 1. The van der Waals surface area contributed by atoms with Gasteiger partial charge in [-0.25, -0.2) is 4.98 Å². The molecular formula is C14H19N5. The zero-order chi connectivity index (χ0) is 13.4. The summed E-state index contributed by atoms with van der Waals surface area (Å²) in [7, 11) is 0. The van der Waals surface area contributed by atoms with Crippen LogP contribution in [0.15, 0.2) is 18.6 Å². The third kappa shape index (κ3) is 2.21. The number of hydrogen-bond acceptors (Lipinski definition) is 4. The Morgan fingerprint density at radius 1 is 1.26 bits per heavy atom. The van der Waals surface area contributed by atoms with E-state index in [1.165, 1.54) is 0 Å². The molecule has 0 bridgehead atoms. The fourth-order valence-corrected chi connectivity index (χ4v) is 2.52. The minimum atomic E-state index is 0.836. The van der Waals surface area contributed by atoms with Gasteiger partial charge in [-0.1, -0.05) is 0 Å². The van der Waals surface area contributed by atoms with Crippen LogP contribution in [0.1, 0.15) is 22.6 Å². The number of nitrogens with zero attached hydrogens (tertiary/aromatic N) is 4. The van der Waals surface area contributed by atoms with Gasteiger partial charge in [-0.3, -0.25) is 9.88 Å². The molecule has 5 heteroatoms. The van der Waals surface area contributed by atoms with E-state index in [0.717, 1.165) is 54.5 Å². The van der Waals surface area contributed by atoms with Gasteiger partial charge in [0.2, 0.25) is 0 Å². The van der Waals surface area contributed by atoms with Crippen LogP contribution in [0.4, 0.5) is 5.69 Å². The SMILES string of the molecule is Cc1cnc(CN2CCn3ccnc3C2)c(C)c1N. The first-order valence-corrected chi connectivity index (χ1v) is 6.58. The van der Waals surface area contributed by atoms with Crippen LogP contribution in [-0.2, 0) is 19.6 Å². The molecule has 2 N–H and O–H groups in total. The summed E-state index contributed by atoms with van der Waals surface area (Å²) in [5.41, 5.74) is 10.2. The highest BCUT2D eigenvalue weighted by Gasteiger charge is 2.18. The van der Waals surface area contributed by atoms with E-state index in [2.05, 4.69) is 26.4 Å². The fraction of sp³-hybridized carbons (Fsp3) is 0.429. The molecule has 0 aliphatic carbocycles. The maximum Gasteiger partial charge on any atom is 0.122 e. The van der Waals surface area contributed by atoms with Crippen molar-refractivity contribution in [2.45, 2.75) is 33.5 Å². The lowest BCUT2D eigenvalue weighted by molar-refractivity contribution is 0.206. The van der Waals surface area contributed by atoms with Crippen LogP contribution >= 0.6 is 0 Å². The Morgan fingerprint density at radius 3 is 2.95 bits per heavy atom. The highest BCUT2D eigenvalue weighted by atomic mass is 15.2. The average Bonchev–Trinajstić information content (AvgIpc) is 2.87. The van der Waals surface area contributed by atoms with Crippen molar-refractivity contribution in [1.82, 2.24) is 19.4 Å². The van der Waals surface area contributed by atoms with Gasteiger partial charge < -0.3 is 10.3 Å². The molecule has 0 atom stereocenters. The van der Waals surface area contributed by atoms with Crippen molar-refractivity contribution in [2.24, 2.45) is 0 Å². The van der Waals surface area contributed by atoms with Crippen molar-refractivity contribution < 1.29 is 0 Å². The van der Waals surface area contributed by atoms with Gasteiger partial charge in [-0.05, 0) is 25.0 Å². The minimum absolute atomic E-state index is 0.836. The first kappa shape index (κ1) is 12.2. The van der Waals surface area contributed by atoms with Crippen LogP contribution in [0.5, 0.6) is 0 Å². The van der Waals surface area contributed by atoms with Crippen LogP contribution in [-0.4, -0.2) is 26.0 Å². The Balaban J connectivity index is 1.78. The lowest BCUT2D eigenvalue weighted by Crippen LogP contribution is -2.33. The lowest BCUT2D eigenvalue weighted by Gasteiger charge is -2.27. The van der Waals surface area contributed by atoms with Gasteiger partial charge in [0, 0.05) is 43.9 Å². The number of nitrogens with two attached hydrogens (primary N) is 1. The Bertz CT molecular complexity index is 602. The molecule has 19 heavy (non-hydrogen) atoms. The highest BCUT2D eigenvalue weighted by molar-refractivity contribution is 5.53. The van der Waals surface area contributed by atoms with Crippen LogP contribution < -0.4 is 5.73 Å². The highest BCUT2D eigenvalue weighted by Crippen LogP contribution is 2.20. The second-order valence-electron chi connectivity index (χ2n) is 5.17. The standard InChI is InChI=1S/C14H19N5/c1-10-7-17-12(11(2)14(10)15)8-18-5-6-19-4-3-16-13(19)9-18/h3-4,7H,5-6,8-9H2,1-2H3,(H2,15,17). The topological polar surface area (TPSA) is 60.0 Å². The molecule has 2 aromatic heterocycles. The quantitative estimate of drug-likeness (QED) is 0.885. The largest absolute Gasteiger partial charge is 0.398 e. The molecule has 100 valence electrons. The zero-order valence-electron chi connectivity index (χ0n) is 11.4. The Labute approximate surface area is 113 Å². The van der Waals surface area contributed by atoms with Gasteiger partial charge in [0.25, 0.3) is 0 Å². The number of fused-ring (bicyclic) bond motifs is 1. The molecule has 1 aliphatic rings. The van der Waals surface area contributed by atoms with Crippen molar-refractivity contribution in [3.8, 4) is 0 Å². The van der Waals surface area contributed by atoms with Crippen molar-refractivity contribution in [1.29, 1.82) is 0 Å². The van der Waals surface area contributed by atoms with Gasteiger partial charge in [0.15, 0.2) is 0 Å². The normalized spacial score (nSPS) is 15.5. The molecule has 0 unspecified atom stereocenters. The third-order valence-corrected chi connectivity index (χ3v) is 3.87. The number of nitrogen functional groups attached to an aromatic ring is 1. The van der Waals surface area contributed by atoms with E-state index in [1.54, 1.807) is 0 Å². The molecule has 0 spiro atoms. The molecule has 0 fully saturated rings. The van der Waals surface area contributed by atoms with E-state index in [0.29, 0.717) is 0 Å². The first-order chi connectivity index (χ1) is 9.15. The van der Waals surface area contributed by atoms with Crippen molar-refractivity contribution in [3.05, 3.63) is 41.2 Å². The third-order valence-electron chi connectivity index (χ3n) is 3.87. The summed E-state index contributed by atoms with van der Waals surface area (Å²) >= 11 is 0. The lowest BCUT2D eigenvalue weighted by atomic mass is 10.1. The van der Waals surface area contributed by atoms with Crippen LogP contribution in [0.25, 0.3) is 0 Å². The summed E-state index contributed by atoms with van der Waals surface area (Å²) in [4.78, 5) is 11.3. The van der Waals surface area contributed by atoms with Crippen molar-refractivity contribution in [3.63, 3.8) is 0 Å². The molecule has 0 saturated heterocycles. The Morgan fingerprint density at radius 2 is 2.11 bits per heavy atom. The second-order valence-corrected chi connectivity index (χ2v) is 5.17. The molecule has 1 aliphatic heterocycles. The van der Waals surface area contributed by atoms with Gasteiger partial charge in [0.05, 0.1) is 12.2 Å². The van der Waals surface area contributed by atoms with Crippen molar-refractivity contribution in [2.75, 3.05) is 12.3 Å². The number of imidazole rings is 1. The summed E-state index contributed by atoms with van der Waals surface area (Å²) in [6.07, 6.45) is 5.77. The van der Waals surface area contributed by atoms with Gasteiger partial charge in [0.1, 0.15) is 5.82 Å². The number of rotatable bonds is 2. The first-order valence-electron chi connectivity index (χ1n) is 6.58. The summed E-state index contributed by atoms with van der Waals surface area (Å²) in [6.45, 7) is 7.78. The molecule has 5 nitrogen and oxygen atoms in total. The predicted molar refractivity (Wildman–Crippen MR) is 74.5 cm³/mol. The summed E-state index contributed by atoms with van der Waals surface area (Å²) in [5.74, 6) is 1.13. The maximum absolute atomic E-state index is 6.07. The fourth-order valence-electron chi connectivity index (χ4n) is 2.52. The molecule has 3 heterocycles. The Kier molecular flexibility index (Phi) is 2.98. The maximum atomic E-state index is 6.07. The van der Waals surface area contributed by atoms with Crippen LogP contribution in [0.3, 0.4) is 0 Å². The zero-order valence-corrected chi connectivity index (χ0v) is 11.4. The number of anilines is 1. The summed E-state index contributed by atoms with van der Waals surface area (Å²) < 4.78 is 2.21. The number of aromatic nitrogens is 3. The van der Waals surface area contributed by atoms with E-state index in [4.69, 9.17) is 5.73 Å². The Hall–Kier alpha value is -1.88. The smallest absolute Gasteiger partial charge is 0.122 e. The van der Waals surface area contributed by atoms with Crippen LogP contribution in [0, 0.1) is 13.8 Å². The van der Waals surface area contributed by atoms with E-state index < -0.39 is 0 Å². The molecular weight excluding hydrogens is 238 g/mol. The van der Waals surface area contributed by atoms with Crippen molar-refractivity contribution >= 4 is 5.69 Å². The van der Waals surface area contributed by atoms with E-state index in [9.17, 15) is 0 Å². The molecule has 0 aromatic carbocycles. The van der Waals surface area contributed by atoms with Gasteiger partial charge >= 0.3 is 0 Å². The molecule has 0 radical (unpaired) electrons. The van der Waals surface area contributed by atoms with E-state index in [1.807, 2.05) is 25.5 Å². The van der Waals surface area contributed by atoms with E-state index >= 15 is 0 Å². The average molecular weight is 257 g/mol. The summed E-state index contributed by atoms with van der Waals surface area (Å²) in [6, 6.07) is 0. The van der Waals surface area contributed by atoms with E-state index in [-0.39, 0.29) is 0 Å². The molecule has 3 rings (SSSR count). The minimum Gasteiger partial charge on any atom is -0.398 e. The number of pyridine rings is 1. The second kappa shape index (κ2) is 4.66. The summed E-state index contributed by atoms with van der Waals surface area (Å²) in [5, 5.41) is 0. The van der Waals surface area contributed by atoms with Gasteiger partial charge in [-0.15, -0.1) is 0 Å². The molecule has 0 saturated carbocycles. The van der Waals surface area contributed by atoms with Gasteiger partial charge in [-0.2, -0.15) is 0 Å². The monoisotopic (exact) mass is 257 g/mol.